The Kier molecular flexibility index (Phi) is 10.4. The maximum Gasteiger partial charge on any atom is 0.226 e. The second-order valence-corrected chi connectivity index (χ2v) is 7.15. The molecule has 1 amide bonds. The third kappa shape index (κ3) is 6.98. The Balaban J connectivity index is 4.26. The van der Waals surface area contributed by atoms with Crippen LogP contribution in [0.25, 0.3) is 0 Å². The molecule has 0 unspecified atom stereocenters. The number of amides is 1. The summed E-state index contributed by atoms with van der Waals surface area (Å²) in [5, 5.41) is 0. The van der Waals surface area contributed by atoms with Gasteiger partial charge in [0.1, 0.15) is 0 Å². The van der Waals surface area contributed by atoms with Crippen molar-refractivity contribution < 1.29 is 4.79 Å². The van der Waals surface area contributed by atoms with Crippen molar-refractivity contribution in [2.45, 2.75) is 47.6 Å². The van der Waals surface area contributed by atoms with Crippen LogP contribution in [0.4, 0.5) is 0 Å². The highest BCUT2D eigenvalue weighted by molar-refractivity contribution is 7.99. The first kappa shape index (κ1) is 19.8. The summed E-state index contributed by atoms with van der Waals surface area (Å²) in [4.78, 5) is 16.8. The molecule has 0 rings (SSSR count). The second-order valence-electron chi connectivity index (χ2n) is 6.00. The minimum atomic E-state index is 0.143. The van der Waals surface area contributed by atoms with Crippen molar-refractivity contribution in [2.24, 2.45) is 11.8 Å². The predicted octanol–water partition coefficient (Wildman–Crippen LogP) is 3.20. The number of thioether (sulfide) groups is 1. The molecule has 0 aromatic rings. The highest BCUT2D eigenvalue weighted by atomic mass is 32.2. The van der Waals surface area contributed by atoms with Crippen molar-refractivity contribution in [2.75, 3.05) is 38.2 Å². The quantitative estimate of drug-likeness (QED) is 0.579. The Morgan fingerprint density at radius 2 is 1.65 bits per heavy atom. The molecule has 0 aromatic heterocycles. The van der Waals surface area contributed by atoms with Gasteiger partial charge in [0, 0.05) is 37.1 Å². The van der Waals surface area contributed by atoms with Gasteiger partial charge in [-0.15, -0.1) is 0 Å². The lowest BCUT2D eigenvalue weighted by molar-refractivity contribution is -0.136. The number of nitrogens with zero attached hydrogens (tertiary/aromatic N) is 2. The summed E-state index contributed by atoms with van der Waals surface area (Å²) in [6.07, 6.45) is 0. The van der Waals surface area contributed by atoms with Crippen molar-refractivity contribution >= 4 is 17.7 Å². The summed E-state index contributed by atoms with van der Waals surface area (Å²) < 4.78 is 0. The lowest BCUT2D eigenvalue weighted by Crippen LogP contribution is -2.40. The van der Waals surface area contributed by atoms with Crippen molar-refractivity contribution in [1.29, 1.82) is 0 Å². The third-order valence-corrected chi connectivity index (χ3v) is 5.05. The van der Waals surface area contributed by atoms with Crippen molar-refractivity contribution in [3.63, 3.8) is 0 Å². The van der Waals surface area contributed by atoms with E-state index in [4.69, 9.17) is 0 Å². The standard InChI is InChI=1S/C16H34N2OS/c1-8-18(9-2)10-11-20-12-15(13(3)4)16(19)17(7)14(5)6/h13-15H,8-12H2,1-7H3/t15-/m0/s1. The number of rotatable bonds is 10. The maximum absolute atomic E-state index is 12.5. The van der Waals surface area contributed by atoms with Crippen LogP contribution in [-0.4, -0.2) is 59.9 Å². The predicted molar refractivity (Wildman–Crippen MR) is 91.3 cm³/mol. The molecule has 0 aliphatic rings. The van der Waals surface area contributed by atoms with Gasteiger partial charge in [-0.1, -0.05) is 27.7 Å². The van der Waals surface area contributed by atoms with Gasteiger partial charge < -0.3 is 9.80 Å². The molecule has 0 saturated heterocycles. The molecule has 0 aliphatic carbocycles. The molecule has 0 N–H and O–H groups in total. The fraction of sp³-hybridized carbons (Fsp3) is 0.938. The maximum atomic E-state index is 12.5. The van der Waals surface area contributed by atoms with Gasteiger partial charge in [-0.3, -0.25) is 4.79 Å². The first-order chi connectivity index (χ1) is 9.34. The molecular formula is C16H34N2OS. The van der Waals surface area contributed by atoms with Crippen molar-refractivity contribution in [3.05, 3.63) is 0 Å². The zero-order valence-electron chi connectivity index (χ0n) is 14.5. The van der Waals surface area contributed by atoms with Crippen LogP contribution >= 0.6 is 11.8 Å². The molecule has 0 fully saturated rings. The Morgan fingerprint density at radius 1 is 1.10 bits per heavy atom. The van der Waals surface area contributed by atoms with Crippen LogP contribution in [0.2, 0.25) is 0 Å². The van der Waals surface area contributed by atoms with E-state index < -0.39 is 0 Å². The van der Waals surface area contributed by atoms with Crippen LogP contribution in [0.15, 0.2) is 0 Å². The van der Waals surface area contributed by atoms with Crippen molar-refractivity contribution in [3.8, 4) is 0 Å². The number of carbonyl (C=O) groups excluding carboxylic acids is 1. The largest absolute Gasteiger partial charge is 0.343 e. The summed E-state index contributed by atoms with van der Waals surface area (Å²) in [6.45, 7) is 16.2. The van der Waals surface area contributed by atoms with E-state index in [2.05, 4.69) is 46.4 Å². The van der Waals surface area contributed by atoms with E-state index in [1.807, 2.05) is 23.7 Å². The Morgan fingerprint density at radius 3 is 2.05 bits per heavy atom. The smallest absolute Gasteiger partial charge is 0.226 e. The lowest BCUT2D eigenvalue weighted by atomic mass is 9.96. The van der Waals surface area contributed by atoms with Gasteiger partial charge >= 0.3 is 0 Å². The normalized spacial score (nSPS) is 13.3. The van der Waals surface area contributed by atoms with E-state index in [0.29, 0.717) is 11.8 Å². The highest BCUT2D eigenvalue weighted by Crippen LogP contribution is 2.20. The highest BCUT2D eigenvalue weighted by Gasteiger charge is 2.26. The average molecular weight is 303 g/mol. The summed E-state index contributed by atoms with van der Waals surface area (Å²) in [6, 6.07) is 0.282. The zero-order valence-corrected chi connectivity index (χ0v) is 15.3. The first-order valence-electron chi connectivity index (χ1n) is 7.91. The van der Waals surface area contributed by atoms with Gasteiger partial charge in [-0.2, -0.15) is 11.8 Å². The van der Waals surface area contributed by atoms with E-state index >= 15 is 0 Å². The lowest BCUT2D eigenvalue weighted by Gasteiger charge is -2.29. The van der Waals surface area contributed by atoms with E-state index in [0.717, 1.165) is 31.1 Å². The molecular weight excluding hydrogens is 268 g/mol. The number of hydrogen-bond donors (Lipinski definition) is 0. The van der Waals surface area contributed by atoms with Crippen LogP contribution in [0.5, 0.6) is 0 Å². The van der Waals surface area contributed by atoms with Crippen LogP contribution in [0.3, 0.4) is 0 Å². The summed E-state index contributed by atoms with van der Waals surface area (Å²) in [5.74, 6) is 2.90. The van der Waals surface area contributed by atoms with Gasteiger partial charge in [0.2, 0.25) is 5.91 Å². The fourth-order valence-corrected chi connectivity index (χ4v) is 3.34. The SMILES string of the molecule is CCN(CC)CCSC[C@H](C(=O)N(C)C(C)C)C(C)C. The summed E-state index contributed by atoms with van der Waals surface area (Å²) >= 11 is 1.92. The molecule has 3 nitrogen and oxygen atoms in total. The molecule has 0 aromatic carbocycles. The second kappa shape index (κ2) is 10.5. The van der Waals surface area contributed by atoms with E-state index in [-0.39, 0.29) is 12.0 Å². The van der Waals surface area contributed by atoms with Crippen LogP contribution in [-0.2, 0) is 4.79 Å². The van der Waals surface area contributed by atoms with Gasteiger partial charge in [0.25, 0.3) is 0 Å². The number of carbonyl (C=O) groups is 1. The Bertz CT molecular complexity index is 265. The molecule has 0 heterocycles. The van der Waals surface area contributed by atoms with Crippen LogP contribution < -0.4 is 0 Å². The molecule has 20 heavy (non-hydrogen) atoms. The van der Waals surface area contributed by atoms with Gasteiger partial charge in [0.05, 0.1) is 0 Å². The molecule has 1 atom stereocenters. The third-order valence-electron chi connectivity index (χ3n) is 3.99. The first-order valence-corrected chi connectivity index (χ1v) is 9.07. The molecule has 0 aliphatic heterocycles. The molecule has 0 radical (unpaired) electrons. The van der Waals surface area contributed by atoms with E-state index in [9.17, 15) is 4.79 Å². The monoisotopic (exact) mass is 302 g/mol. The Labute approximate surface area is 130 Å². The topological polar surface area (TPSA) is 23.6 Å². The Hall–Kier alpha value is -0.220. The minimum absolute atomic E-state index is 0.143. The van der Waals surface area contributed by atoms with E-state index in [1.54, 1.807) is 0 Å². The molecule has 0 spiro atoms. The minimum Gasteiger partial charge on any atom is -0.343 e. The molecule has 0 saturated carbocycles. The summed E-state index contributed by atoms with van der Waals surface area (Å²) in [5.41, 5.74) is 0. The summed E-state index contributed by atoms with van der Waals surface area (Å²) in [7, 11) is 1.92. The van der Waals surface area contributed by atoms with Crippen LogP contribution in [0, 0.1) is 11.8 Å². The molecule has 120 valence electrons. The van der Waals surface area contributed by atoms with E-state index in [1.165, 1.54) is 0 Å². The number of hydrogen-bond acceptors (Lipinski definition) is 3. The van der Waals surface area contributed by atoms with Gasteiger partial charge in [-0.05, 0) is 32.9 Å². The zero-order chi connectivity index (χ0) is 15.7. The molecule has 0 bridgehead atoms. The molecule has 4 heteroatoms. The van der Waals surface area contributed by atoms with Crippen molar-refractivity contribution in [1.82, 2.24) is 9.80 Å². The van der Waals surface area contributed by atoms with Gasteiger partial charge in [-0.25, -0.2) is 0 Å². The average Bonchev–Trinajstić information content (AvgIpc) is 2.40. The van der Waals surface area contributed by atoms with Gasteiger partial charge in [0.15, 0.2) is 0 Å². The van der Waals surface area contributed by atoms with Crippen LogP contribution in [0.1, 0.15) is 41.5 Å². The fourth-order valence-electron chi connectivity index (χ4n) is 2.01.